The van der Waals surface area contributed by atoms with E-state index < -0.39 is 11.9 Å². The monoisotopic (exact) mass is 151 g/mol. The van der Waals surface area contributed by atoms with E-state index in [1.807, 2.05) is 0 Å². The summed E-state index contributed by atoms with van der Waals surface area (Å²) in [6.07, 6.45) is 0. The van der Waals surface area contributed by atoms with Gasteiger partial charge in [-0.2, -0.15) is 8.78 Å². The summed E-state index contributed by atoms with van der Waals surface area (Å²) in [7, 11) is 0. The van der Waals surface area contributed by atoms with E-state index in [0.717, 1.165) is 0 Å². The molecule has 0 saturated heterocycles. The van der Waals surface area contributed by atoms with Crippen molar-refractivity contribution >= 4 is 24.0 Å². The van der Waals surface area contributed by atoms with Gasteiger partial charge in [-0.1, -0.05) is 0 Å². The summed E-state index contributed by atoms with van der Waals surface area (Å²) in [5.41, 5.74) is 4.42. The standard InChI is InChI=1S/C2H4ClF2N.ClH/c3-2(4,5)1-6;/h1,6H2;1H. The van der Waals surface area contributed by atoms with Crippen molar-refractivity contribution in [3.63, 3.8) is 0 Å². The Morgan fingerprint density at radius 1 is 1.57 bits per heavy atom. The molecule has 0 radical (unpaired) electrons. The van der Waals surface area contributed by atoms with Crippen molar-refractivity contribution in [2.24, 2.45) is 5.73 Å². The molecule has 0 unspecified atom stereocenters. The van der Waals surface area contributed by atoms with Gasteiger partial charge >= 0.3 is 5.38 Å². The Balaban J connectivity index is 0. The van der Waals surface area contributed by atoms with Crippen molar-refractivity contribution in [1.29, 1.82) is 0 Å². The molecule has 0 aliphatic rings. The molecule has 0 atom stereocenters. The van der Waals surface area contributed by atoms with Gasteiger partial charge in [0.15, 0.2) is 0 Å². The SMILES string of the molecule is Cl.NCC(F)(F)Cl. The van der Waals surface area contributed by atoms with E-state index in [1.54, 1.807) is 0 Å². The first-order valence-electron chi connectivity index (χ1n) is 1.33. The lowest BCUT2D eigenvalue weighted by atomic mass is 10.7. The summed E-state index contributed by atoms with van der Waals surface area (Å²) < 4.78 is 22.2. The summed E-state index contributed by atoms with van der Waals surface area (Å²) in [5.74, 6) is 0. The minimum Gasteiger partial charge on any atom is -0.324 e. The van der Waals surface area contributed by atoms with Gasteiger partial charge < -0.3 is 5.73 Å². The van der Waals surface area contributed by atoms with Crippen LogP contribution >= 0.6 is 24.0 Å². The fourth-order valence-corrected chi connectivity index (χ4v) is 0. The number of halogens is 4. The molecule has 0 rings (SSSR count). The third-order valence-corrected chi connectivity index (χ3v) is 0.386. The second kappa shape index (κ2) is 3.41. The zero-order valence-corrected chi connectivity index (χ0v) is 4.90. The highest BCUT2D eigenvalue weighted by Gasteiger charge is 2.20. The predicted octanol–water partition coefficient (Wildman–Crippen LogP) is 1.20. The van der Waals surface area contributed by atoms with Gasteiger partial charge in [0.1, 0.15) is 0 Å². The van der Waals surface area contributed by atoms with E-state index >= 15 is 0 Å². The maximum atomic E-state index is 11.1. The fourth-order valence-electron chi connectivity index (χ4n) is 0. The molecule has 0 aliphatic carbocycles. The molecule has 0 bridgehead atoms. The highest BCUT2D eigenvalue weighted by atomic mass is 35.5. The number of rotatable bonds is 1. The molecule has 5 heteroatoms. The Morgan fingerprint density at radius 2 is 1.71 bits per heavy atom. The molecule has 0 aromatic carbocycles. The van der Waals surface area contributed by atoms with E-state index in [2.05, 4.69) is 17.3 Å². The first-order chi connectivity index (χ1) is 2.56. The molecule has 0 saturated carbocycles. The summed E-state index contributed by atoms with van der Waals surface area (Å²) >= 11 is 4.26. The smallest absolute Gasteiger partial charge is 0.324 e. The molecule has 0 spiro atoms. The lowest BCUT2D eigenvalue weighted by molar-refractivity contribution is 0.106. The highest BCUT2D eigenvalue weighted by molar-refractivity contribution is 6.21. The van der Waals surface area contributed by atoms with Crippen molar-refractivity contribution in [2.45, 2.75) is 5.38 Å². The lowest BCUT2D eigenvalue weighted by Crippen LogP contribution is -2.19. The van der Waals surface area contributed by atoms with Gasteiger partial charge in [0, 0.05) is 0 Å². The molecule has 0 aromatic rings. The Kier molecular flexibility index (Phi) is 5.06. The van der Waals surface area contributed by atoms with Crippen LogP contribution in [0.1, 0.15) is 0 Å². The molecule has 1 nitrogen and oxygen atoms in total. The van der Waals surface area contributed by atoms with Crippen LogP contribution in [0.5, 0.6) is 0 Å². The lowest BCUT2D eigenvalue weighted by Gasteiger charge is -1.98. The molecule has 2 N–H and O–H groups in total. The van der Waals surface area contributed by atoms with Crippen LogP contribution in [-0.4, -0.2) is 11.9 Å². The second-order valence-corrected chi connectivity index (χ2v) is 1.37. The van der Waals surface area contributed by atoms with E-state index in [9.17, 15) is 8.78 Å². The Bertz CT molecular complexity index is 43.4. The van der Waals surface area contributed by atoms with E-state index in [4.69, 9.17) is 0 Å². The number of hydrogen-bond donors (Lipinski definition) is 1. The van der Waals surface area contributed by atoms with Crippen molar-refractivity contribution in [1.82, 2.24) is 0 Å². The number of alkyl halides is 3. The average molecular weight is 152 g/mol. The van der Waals surface area contributed by atoms with Crippen LogP contribution in [0.15, 0.2) is 0 Å². The maximum Gasteiger partial charge on any atom is 0.333 e. The van der Waals surface area contributed by atoms with Crippen LogP contribution in [0, 0.1) is 0 Å². The maximum absolute atomic E-state index is 11.1. The van der Waals surface area contributed by atoms with Gasteiger partial charge in [-0.25, -0.2) is 0 Å². The van der Waals surface area contributed by atoms with Gasteiger partial charge in [-0.15, -0.1) is 12.4 Å². The fraction of sp³-hybridized carbons (Fsp3) is 1.00. The highest BCUT2D eigenvalue weighted by Crippen LogP contribution is 2.14. The molecule has 46 valence electrons. The minimum absolute atomic E-state index is 0. The van der Waals surface area contributed by atoms with Gasteiger partial charge in [-0.05, 0) is 11.6 Å². The molecular weight excluding hydrogens is 147 g/mol. The summed E-state index contributed by atoms with van der Waals surface area (Å²) in [4.78, 5) is 0. The van der Waals surface area contributed by atoms with Crippen molar-refractivity contribution in [3.05, 3.63) is 0 Å². The molecule has 0 aromatic heterocycles. The van der Waals surface area contributed by atoms with E-state index in [-0.39, 0.29) is 12.4 Å². The first kappa shape index (κ1) is 10.4. The number of nitrogens with two attached hydrogens (primary N) is 1. The van der Waals surface area contributed by atoms with E-state index in [0.29, 0.717) is 0 Å². The van der Waals surface area contributed by atoms with Crippen molar-refractivity contribution in [2.75, 3.05) is 6.54 Å². The molecule has 0 aliphatic heterocycles. The summed E-state index contributed by atoms with van der Waals surface area (Å²) in [6, 6.07) is 0. The molecule has 0 amide bonds. The van der Waals surface area contributed by atoms with Gasteiger partial charge in [0.25, 0.3) is 0 Å². The normalized spacial score (nSPS) is 10.3. The van der Waals surface area contributed by atoms with Gasteiger partial charge in [0.2, 0.25) is 0 Å². The average Bonchev–Trinajstić information content (AvgIpc) is 1.35. The van der Waals surface area contributed by atoms with Crippen LogP contribution < -0.4 is 5.73 Å². The van der Waals surface area contributed by atoms with Crippen LogP contribution in [0.4, 0.5) is 8.78 Å². The van der Waals surface area contributed by atoms with Gasteiger partial charge in [0.05, 0.1) is 6.54 Å². The molecule has 0 fully saturated rings. The van der Waals surface area contributed by atoms with E-state index in [1.165, 1.54) is 0 Å². The topological polar surface area (TPSA) is 26.0 Å². The number of hydrogen-bond acceptors (Lipinski definition) is 1. The molecular formula is C2H5Cl2F2N. The van der Waals surface area contributed by atoms with Crippen LogP contribution in [-0.2, 0) is 0 Å². The zero-order chi connectivity index (χ0) is 5.21. The Hall–Kier alpha value is 0.400. The minimum atomic E-state index is -3.21. The third kappa shape index (κ3) is 10.7. The second-order valence-electron chi connectivity index (χ2n) is 0.819. The zero-order valence-electron chi connectivity index (χ0n) is 3.33. The predicted molar refractivity (Wildman–Crippen MR) is 27.1 cm³/mol. The third-order valence-electron chi connectivity index (χ3n) is 0.231. The van der Waals surface area contributed by atoms with Crippen molar-refractivity contribution < 1.29 is 8.78 Å². The Morgan fingerprint density at radius 3 is 1.71 bits per heavy atom. The van der Waals surface area contributed by atoms with Crippen LogP contribution in [0.2, 0.25) is 0 Å². The van der Waals surface area contributed by atoms with Gasteiger partial charge in [-0.3, -0.25) is 0 Å². The first-order valence-corrected chi connectivity index (χ1v) is 1.71. The van der Waals surface area contributed by atoms with Crippen LogP contribution in [0.3, 0.4) is 0 Å². The quantitative estimate of drug-likeness (QED) is 0.561. The summed E-state index contributed by atoms with van der Waals surface area (Å²) in [6.45, 7) is -0.797. The largest absolute Gasteiger partial charge is 0.333 e. The summed E-state index contributed by atoms with van der Waals surface area (Å²) in [5, 5.41) is -3.21. The van der Waals surface area contributed by atoms with Crippen molar-refractivity contribution in [3.8, 4) is 0 Å². The molecule has 7 heavy (non-hydrogen) atoms. The Labute approximate surface area is 51.2 Å². The van der Waals surface area contributed by atoms with Crippen LogP contribution in [0.25, 0.3) is 0 Å². The molecule has 0 heterocycles.